The molecule has 2 aromatic heterocycles. The minimum atomic E-state index is -0.419. The molecule has 3 aromatic rings. The number of rotatable bonds is 6. The van der Waals surface area contributed by atoms with Crippen LogP contribution in [0.3, 0.4) is 0 Å². The van der Waals surface area contributed by atoms with Gasteiger partial charge in [0.15, 0.2) is 0 Å². The molecule has 1 aliphatic rings. The maximum atomic E-state index is 12.6. The van der Waals surface area contributed by atoms with Crippen LogP contribution in [0.1, 0.15) is 11.7 Å². The van der Waals surface area contributed by atoms with E-state index in [0.29, 0.717) is 37.0 Å². The lowest BCUT2D eigenvalue weighted by molar-refractivity contribution is -0.116. The van der Waals surface area contributed by atoms with Gasteiger partial charge in [-0.15, -0.1) is 0 Å². The number of carbonyl (C=O) groups is 1. The van der Waals surface area contributed by atoms with Crippen LogP contribution in [0.25, 0.3) is 11.4 Å². The molecule has 1 aliphatic heterocycles. The molecule has 0 saturated carbocycles. The van der Waals surface area contributed by atoms with Crippen molar-refractivity contribution in [3.05, 3.63) is 64.8 Å². The van der Waals surface area contributed by atoms with Crippen LogP contribution in [0, 0.1) is 0 Å². The van der Waals surface area contributed by atoms with Gasteiger partial charge in [0.25, 0.3) is 5.56 Å². The third-order valence-electron chi connectivity index (χ3n) is 5.05. The highest BCUT2D eigenvalue weighted by molar-refractivity contribution is 5.78. The minimum absolute atomic E-state index is 0.0788. The Hall–Kier alpha value is -3.79. The van der Waals surface area contributed by atoms with Gasteiger partial charge >= 0.3 is 0 Å². The van der Waals surface area contributed by atoms with Crippen molar-refractivity contribution < 1.29 is 9.53 Å². The Morgan fingerprint density at radius 2 is 2.06 bits per heavy atom. The first-order valence-electron chi connectivity index (χ1n) is 9.84. The molecule has 3 N–H and O–H groups in total. The lowest BCUT2D eigenvalue weighted by Gasteiger charge is -2.34. The predicted octanol–water partition coefficient (Wildman–Crippen LogP) is 0.712. The van der Waals surface area contributed by atoms with Crippen molar-refractivity contribution in [2.24, 2.45) is 12.8 Å². The summed E-state index contributed by atoms with van der Waals surface area (Å²) < 4.78 is 7.50. The third kappa shape index (κ3) is 4.69. The SMILES string of the molecule is Cn1c(N2CCO[C@@H](c3ccc(NCC(N)=O)cc3)C2)nc(-c2ccncn2)cc1=O. The number of primary amides is 1. The monoisotopic (exact) mass is 421 g/mol. The number of amides is 1. The maximum Gasteiger partial charge on any atom is 0.255 e. The summed E-state index contributed by atoms with van der Waals surface area (Å²) in [4.78, 5) is 38.3. The molecule has 31 heavy (non-hydrogen) atoms. The fraction of sp³-hybridized carbons (Fsp3) is 0.286. The molecule has 1 saturated heterocycles. The standard InChI is InChI=1S/C21H23N7O3/c1-27-20(30)10-17(16-6-7-23-13-25-16)26-21(27)28-8-9-31-18(12-28)14-2-4-15(5-3-14)24-11-19(22)29/h2-7,10,13,18,24H,8-9,11-12H2,1H3,(H2,22,29)/t18-/m1/s1. The molecule has 1 amide bonds. The summed E-state index contributed by atoms with van der Waals surface area (Å²) in [5, 5.41) is 2.96. The van der Waals surface area contributed by atoms with Crippen molar-refractivity contribution in [2.45, 2.75) is 6.10 Å². The molecule has 160 valence electrons. The second-order valence-electron chi connectivity index (χ2n) is 7.18. The van der Waals surface area contributed by atoms with E-state index in [1.54, 1.807) is 19.3 Å². The van der Waals surface area contributed by atoms with Crippen LogP contribution in [0.2, 0.25) is 0 Å². The number of aromatic nitrogens is 4. The zero-order chi connectivity index (χ0) is 21.8. The first-order valence-corrected chi connectivity index (χ1v) is 9.84. The van der Waals surface area contributed by atoms with Gasteiger partial charge in [0, 0.05) is 31.5 Å². The van der Waals surface area contributed by atoms with Crippen LogP contribution in [0.4, 0.5) is 11.6 Å². The molecule has 10 heteroatoms. The molecule has 3 heterocycles. The summed E-state index contributed by atoms with van der Waals surface area (Å²) in [6, 6.07) is 10.8. The fourth-order valence-electron chi connectivity index (χ4n) is 3.42. The second kappa shape index (κ2) is 8.92. The molecule has 1 atom stereocenters. The Labute approximate surface area is 178 Å². The van der Waals surface area contributed by atoms with Crippen molar-refractivity contribution in [2.75, 3.05) is 36.5 Å². The Morgan fingerprint density at radius 1 is 1.26 bits per heavy atom. The van der Waals surface area contributed by atoms with Gasteiger partial charge in [0.1, 0.15) is 12.4 Å². The number of morpholine rings is 1. The number of ether oxygens (including phenoxy) is 1. The van der Waals surface area contributed by atoms with Gasteiger partial charge in [0.2, 0.25) is 11.9 Å². The highest BCUT2D eigenvalue weighted by atomic mass is 16.5. The Balaban J connectivity index is 1.55. The number of anilines is 2. The minimum Gasteiger partial charge on any atom is -0.376 e. The van der Waals surface area contributed by atoms with Crippen molar-refractivity contribution in [3.63, 3.8) is 0 Å². The molecule has 1 aromatic carbocycles. The number of hydrogen-bond acceptors (Lipinski definition) is 8. The van der Waals surface area contributed by atoms with Crippen molar-refractivity contribution >= 4 is 17.5 Å². The van der Waals surface area contributed by atoms with E-state index < -0.39 is 5.91 Å². The summed E-state index contributed by atoms with van der Waals surface area (Å²) in [5.74, 6) is 0.145. The van der Waals surface area contributed by atoms with E-state index in [2.05, 4.69) is 15.3 Å². The maximum absolute atomic E-state index is 12.6. The predicted molar refractivity (Wildman–Crippen MR) is 116 cm³/mol. The second-order valence-corrected chi connectivity index (χ2v) is 7.18. The largest absolute Gasteiger partial charge is 0.376 e. The Kier molecular flexibility index (Phi) is 5.89. The highest BCUT2D eigenvalue weighted by Gasteiger charge is 2.25. The van der Waals surface area contributed by atoms with Crippen molar-refractivity contribution in [1.29, 1.82) is 0 Å². The van der Waals surface area contributed by atoms with Gasteiger partial charge < -0.3 is 20.7 Å². The molecular formula is C21H23N7O3. The van der Waals surface area contributed by atoms with Gasteiger partial charge in [-0.2, -0.15) is 0 Å². The van der Waals surface area contributed by atoms with Gasteiger partial charge in [0.05, 0.1) is 31.1 Å². The van der Waals surface area contributed by atoms with Crippen LogP contribution >= 0.6 is 0 Å². The summed E-state index contributed by atoms with van der Waals surface area (Å²) >= 11 is 0. The normalized spacial score (nSPS) is 16.2. The number of benzene rings is 1. The zero-order valence-electron chi connectivity index (χ0n) is 17.1. The van der Waals surface area contributed by atoms with E-state index in [4.69, 9.17) is 15.5 Å². The van der Waals surface area contributed by atoms with Crippen molar-refractivity contribution in [1.82, 2.24) is 19.5 Å². The molecule has 4 rings (SSSR count). The molecule has 10 nitrogen and oxygen atoms in total. The van der Waals surface area contributed by atoms with Gasteiger partial charge in [-0.3, -0.25) is 14.2 Å². The molecule has 0 radical (unpaired) electrons. The molecule has 0 spiro atoms. The van der Waals surface area contributed by atoms with Gasteiger partial charge in [-0.25, -0.2) is 15.0 Å². The zero-order valence-corrected chi connectivity index (χ0v) is 17.1. The van der Waals surface area contributed by atoms with Crippen molar-refractivity contribution in [3.8, 4) is 11.4 Å². The third-order valence-corrected chi connectivity index (χ3v) is 5.05. The molecule has 0 aliphatic carbocycles. The van der Waals surface area contributed by atoms with E-state index in [9.17, 15) is 9.59 Å². The van der Waals surface area contributed by atoms with E-state index in [1.807, 2.05) is 29.2 Å². The fourth-order valence-corrected chi connectivity index (χ4v) is 3.42. The number of nitrogens with one attached hydrogen (secondary N) is 1. The average Bonchev–Trinajstić information content (AvgIpc) is 2.80. The van der Waals surface area contributed by atoms with Crippen LogP contribution in [-0.4, -0.2) is 51.7 Å². The lowest BCUT2D eigenvalue weighted by Crippen LogP contribution is -2.41. The summed E-state index contributed by atoms with van der Waals surface area (Å²) in [7, 11) is 1.71. The first-order chi connectivity index (χ1) is 15.0. The summed E-state index contributed by atoms with van der Waals surface area (Å²) in [6.07, 6.45) is 2.87. The van der Waals surface area contributed by atoms with E-state index in [1.165, 1.54) is 17.0 Å². The van der Waals surface area contributed by atoms with E-state index in [0.717, 1.165) is 11.3 Å². The number of carbonyl (C=O) groups excluding carboxylic acids is 1. The molecule has 0 unspecified atom stereocenters. The number of hydrogen-bond donors (Lipinski definition) is 2. The number of nitrogens with two attached hydrogens (primary N) is 1. The van der Waals surface area contributed by atoms with Crippen LogP contribution < -0.4 is 21.5 Å². The molecule has 1 fully saturated rings. The van der Waals surface area contributed by atoms with Crippen LogP contribution in [0.5, 0.6) is 0 Å². The topological polar surface area (TPSA) is 128 Å². The Morgan fingerprint density at radius 3 is 2.77 bits per heavy atom. The van der Waals surface area contributed by atoms with Gasteiger partial charge in [-0.05, 0) is 23.8 Å². The smallest absolute Gasteiger partial charge is 0.255 e. The Bertz CT molecular complexity index is 1120. The van der Waals surface area contributed by atoms with Crippen LogP contribution in [-0.2, 0) is 16.6 Å². The summed E-state index contributed by atoms with van der Waals surface area (Å²) in [5.41, 5.74) is 7.90. The van der Waals surface area contributed by atoms with E-state index >= 15 is 0 Å². The first kappa shape index (κ1) is 20.5. The van der Waals surface area contributed by atoms with Crippen LogP contribution in [0.15, 0.2) is 53.7 Å². The van der Waals surface area contributed by atoms with Gasteiger partial charge in [-0.1, -0.05) is 12.1 Å². The molecular weight excluding hydrogens is 398 g/mol. The molecule has 0 bridgehead atoms. The highest BCUT2D eigenvalue weighted by Crippen LogP contribution is 2.26. The summed E-state index contributed by atoms with van der Waals surface area (Å²) in [6.45, 7) is 1.74. The quantitative estimate of drug-likeness (QED) is 0.596. The van der Waals surface area contributed by atoms with E-state index in [-0.39, 0.29) is 18.2 Å². The lowest BCUT2D eigenvalue weighted by atomic mass is 10.1. The number of nitrogens with zero attached hydrogens (tertiary/aromatic N) is 5. The average molecular weight is 421 g/mol.